The van der Waals surface area contributed by atoms with E-state index in [9.17, 15) is 9.59 Å². The number of ether oxygens (including phenoxy) is 1. The number of carbonyl (C=O) groups is 2. The van der Waals surface area contributed by atoms with E-state index in [2.05, 4.69) is 55.6 Å². The molecule has 1 amide bonds. The van der Waals surface area contributed by atoms with E-state index < -0.39 is 5.92 Å². The van der Waals surface area contributed by atoms with Gasteiger partial charge in [0.2, 0.25) is 5.91 Å². The van der Waals surface area contributed by atoms with Gasteiger partial charge >= 0.3 is 0 Å². The maximum absolute atomic E-state index is 13.7. The largest absolute Gasteiger partial charge is 0.497 e. The lowest BCUT2D eigenvalue weighted by Crippen LogP contribution is -2.45. The minimum atomic E-state index is -0.420. The molecule has 1 fully saturated rings. The Morgan fingerprint density at radius 3 is 2.24 bits per heavy atom. The Morgan fingerprint density at radius 2 is 1.58 bits per heavy atom. The van der Waals surface area contributed by atoms with Crippen LogP contribution in [0, 0.1) is 11.3 Å². The van der Waals surface area contributed by atoms with Crippen LogP contribution in [0.4, 0.5) is 0 Å². The Labute approximate surface area is 224 Å². The van der Waals surface area contributed by atoms with Crippen LogP contribution in [0.2, 0.25) is 0 Å². The first-order valence-electron chi connectivity index (χ1n) is 13.1. The van der Waals surface area contributed by atoms with Gasteiger partial charge in [-0.05, 0) is 53.1 Å². The molecule has 0 radical (unpaired) electrons. The zero-order chi connectivity index (χ0) is 26.9. The third-order valence-electron chi connectivity index (χ3n) is 7.60. The third-order valence-corrected chi connectivity index (χ3v) is 7.60. The highest BCUT2D eigenvalue weighted by Gasteiger charge is 2.47. The standard InChI is InChI=1S/C33H34N2O3/c1-21-29(32(37)34-20-22-10-16-26(38-4)17-11-22)30(31-27(35-21)18-33(2,3)19-28(31)36)25-14-12-24(13-15-25)23-8-6-5-7-9-23/h5-17,30-31H,18-20H2,1-4H3,(H,34,37). The van der Waals surface area contributed by atoms with Crippen LogP contribution in [0.1, 0.15) is 50.7 Å². The molecule has 38 heavy (non-hydrogen) atoms. The first-order valence-corrected chi connectivity index (χ1v) is 13.1. The van der Waals surface area contributed by atoms with Crippen molar-refractivity contribution in [2.24, 2.45) is 16.3 Å². The monoisotopic (exact) mass is 506 g/mol. The maximum atomic E-state index is 13.7. The number of ketones is 1. The molecule has 3 aromatic carbocycles. The number of amides is 1. The molecule has 5 rings (SSSR count). The van der Waals surface area contributed by atoms with Gasteiger partial charge in [0.05, 0.1) is 13.0 Å². The highest BCUT2D eigenvalue weighted by Crippen LogP contribution is 2.47. The summed E-state index contributed by atoms with van der Waals surface area (Å²) in [6.07, 6.45) is 1.23. The van der Waals surface area contributed by atoms with Crippen LogP contribution in [-0.2, 0) is 16.1 Å². The van der Waals surface area contributed by atoms with Gasteiger partial charge in [0.15, 0.2) is 0 Å². The van der Waals surface area contributed by atoms with Crippen LogP contribution in [0.3, 0.4) is 0 Å². The summed E-state index contributed by atoms with van der Waals surface area (Å²) in [5, 5.41) is 3.08. The van der Waals surface area contributed by atoms with E-state index in [0.29, 0.717) is 24.2 Å². The number of allylic oxidation sites excluding steroid dienone is 1. The molecule has 2 atom stereocenters. The van der Waals surface area contributed by atoms with Crippen molar-refractivity contribution in [3.63, 3.8) is 0 Å². The Bertz CT molecular complexity index is 1400. The van der Waals surface area contributed by atoms with E-state index in [-0.39, 0.29) is 23.0 Å². The molecule has 1 heterocycles. The number of hydrogen-bond acceptors (Lipinski definition) is 4. The zero-order valence-corrected chi connectivity index (χ0v) is 22.5. The van der Waals surface area contributed by atoms with Gasteiger partial charge in [-0.25, -0.2) is 0 Å². The summed E-state index contributed by atoms with van der Waals surface area (Å²) in [6, 6.07) is 26.1. The number of aliphatic imine (C=N–C) groups is 1. The maximum Gasteiger partial charge on any atom is 0.249 e. The highest BCUT2D eigenvalue weighted by atomic mass is 16.5. The van der Waals surface area contributed by atoms with Gasteiger partial charge in [-0.1, -0.05) is 80.6 Å². The van der Waals surface area contributed by atoms with E-state index in [0.717, 1.165) is 40.1 Å². The topological polar surface area (TPSA) is 67.8 Å². The number of Topliss-reactive ketones (excluding diaryl/α,β-unsaturated/α-hetero) is 1. The van der Waals surface area contributed by atoms with Crippen molar-refractivity contribution < 1.29 is 14.3 Å². The molecular formula is C33H34N2O3. The highest BCUT2D eigenvalue weighted by molar-refractivity contribution is 6.12. The lowest BCUT2D eigenvalue weighted by atomic mass is 9.63. The fraction of sp³-hybridized carbons (Fsp3) is 0.303. The van der Waals surface area contributed by atoms with E-state index in [4.69, 9.17) is 9.73 Å². The van der Waals surface area contributed by atoms with Gasteiger partial charge in [0, 0.05) is 35.9 Å². The minimum Gasteiger partial charge on any atom is -0.497 e. The minimum absolute atomic E-state index is 0.136. The summed E-state index contributed by atoms with van der Waals surface area (Å²) in [7, 11) is 1.63. The first kappa shape index (κ1) is 25.7. The van der Waals surface area contributed by atoms with Crippen molar-refractivity contribution in [1.82, 2.24) is 5.32 Å². The number of nitrogens with zero attached hydrogens (tertiary/aromatic N) is 1. The van der Waals surface area contributed by atoms with Crippen LogP contribution in [-0.4, -0.2) is 24.5 Å². The average Bonchev–Trinajstić information content (AvgIpc) is 2.91. The third kappa shape index (κ3) is 5.19. The van der Waals surface area contributed by atoms with E-state index >= 15 is 0 Å². The Hall–Kier alpha value is -3.99. The normalized spacial score (nSPS) is 20.4. The van der Waals surface area contributed by atoms with Crippen LogP contribution >= 0.6 is 0 Å². The Kier molecular flexibility index (Phi) is 7.02. The van der Waals surface area contributed by atoms with Crippen LogP contribution < -0.4 is 10.1 Å². The van der Waals surface area contributed by atoms with Crippen molar-refractivity contribution in [3.05, 3.63) is 101 Å². The van der Waals surface area contributed by atoms with E-state index in [1.54, 1.807) is 7.11 Å². The second-order valence-corrected chi connectivity index (χ2v) is 11.1. The summed E-state index contributed by atoms with van der Waals surface area (Å²) in [4.78, 5) is 32.2. The molecule has 0 spiro atoms. The number of hydrogen-bond donors (Lipinski definition) is 1. The van der Waals surface area contributed by atoms with Gasteiger partial charge in [-0.15, -0.1) is 0 Å². The molecule has 5 heteroatoms. The van der Waals surface area contributed by atoms with Gasteiger partial charge < -0.3 is 10.1 Å². The molecule has 0 saturated heterocycles. The summed E-state index contributed by atoms with van der Waals surface area (Å²) in [6.45, 7) is 6.50. The molecule has 194 valence electrons. The molecule has 3 aromatic rings. The molecule has 1 aliphatic heterocycles. The summed E-state index contributed by atoms with van der Waals surface area (Å²) in [5.74, 6) is -0.0469. The molecule has 5 nitrogen and oxygen atoms in total. The fourth-order valence-corrected chi connectivity index (χ4v) is 5.78. The predicted molar refractivity (Wildman–Crippen MR) is 151 cm³/mol. The average molecular weight is 507 g/mol. The Morgan fingerprint density at radius 1 is 0.921 bits per heavy atom. The van der Waals surface area contributed by atoms with Gasteiger partial charge in [-0.3, -0.25) is 14.6 Å². The molecule has 0 aromatic heterocycles. The number of methoxy groups -OCH3 is 1. The quantitative estimate of drug-likeness (QED) is 0.415. The lowest BCUT2D eigenvalue weighted by molar-refractivity contribution is -0.124. The summed E-state index contributed by atoms with van der Waals surface area (Å²) >= 11 is 0. The Balaban J connectivity index is 1.50. The first-order chi connectivity index (χ1) is 18.3. The van der Waals surface area contributed by atoms with Gasteiger partial charge in [0.25, 0.3) is 0 Å². The fourth-order valence-electron chi connectivity index (χ4n) is 5.78. The number of benzene rings is 3. The predicted octanol–water partition coefficient (Wildman–Crippen LogP) is 6.50. The SMILES string of the molecule is COc1ccc(CNC(=O)C2=C(C)N=C3CC(C)(C)CC(=O)C3C2c2ccc(-c3ccccc3)cc2)cc1. The number of rotatable bonds is 6. The van der Waals surface area contributed by atoms with Crippen LogP contribution in [0.25, 0.3) is 11.1 Å². The second-order valence-electron chi connectivity index (χ2n) is 11.1. The number of fused-ring (bicyclic) bond motifs is 1. The molecule has 0 bridgehead atoms. The second kappa shape index (κ2) is 10.4. The smallest absolute Gasteiger partial charge is 0.249 e. The van der Waals surface area contributed by atoms with Crippen LogP contribution in [0.5, 0.6) is 5.75 Å². The van der Waals surface area contributed by atoms with Crippen molar-refractivity contribution in [3.8, 4) is 16.9 Å². The molecule has 1 aliphatic carbocycles. The van der Waals surface area contributed by atoms with Crippen molar-refractivity contribution >= 4 is 17.4 Å². The van der Waals surface area contributed by atoms with Crippen LogP contribution in [0.15, 0.2) is 95.1 Å². The van der Waals surface area contributed by atoms with Gasteiger partial charge in [-0.2, -0.15) is 0 Å². The molecule has 1 saturated carbocycles. The number of nitrogens with one attached hydrogen (secondary N) is 1. The van der Waals surface area contributed by atoms with Crippen molar-refractivity contribution in [1.29, 1.82) is 0 Å². The lowest BCUT2D eigenvalue weighted by Gasteiger charge is -2.41. The molecule has 2 unspecified atom stereocenters. The summed E-state index contributed by atoms with van der Waals surface area (Å²) < 4.78 is 5.24. The van der Waals surface area contributed by atoms with Crippen molar-refractivity contribution in [2.75, 3.05) is 7.11 Å². The molecule has 1 N–H and O–H groups in total. The van der Waals surface area contributed by atoms with Gasteiger partial charge in [0.1, 0.15) is 11.5 Å². The number of carbonyl (C=O) groups excluding carboxylic acids is 2. The van der Waals surface area contributed by atoms with E-state index in [1.165, 1.54) is 0 Å². The molecule has 2 aliphatic rings. The van der Waals surface area contributed by atoms with Crippen molar-refractivity contribution in [2.45, 2.75) is 46.1 Å². The van der Waals surface area contributed by atoms with E-state index in [1.807, 2.05) is 49.4 Å². The summed E-state index contributed by atoms with van der Waals surface area (Å²) in [5.41, 5.74) is 6.18. The molecular weight excluding hydrogens is 472 g/mol. The zero-order valence-electron chi connectivity index (χ0n) is 22.5.